The molecule has 78 valence electrons. The van der Waals surface area contributed by atoms with Gasteiger partial charge in [-0.05, 0) is 18.6 Å². The summed E-state index contributed by atoms with van der Waals surface area (Å²) < 4.78 is 0. The van der Waals surface area contributed by atoms with Crippen molar-refractivity contribution in [2.45, 2.75) is 13.3 Å². The molecule has 15 heavy (non-hydrogen) atoms. The van der Waals surface area contributed by atoms with Gasteiger partial charge in [0, 0.05) is 18.9 Å². The van der Waals surface area contributed by atoms with E-state index in [9.17, 15) is 0 Å². The van der Waals surface area contributed by atoms with Crippen LogP contribution in [0.4, 0.5) is 5.69 Å². The molecule has 0 saturated carbocycles. The number of nitrogens with one attached hydrogen (secondary N) is 1. The van der Waals surface area contributed by atoms with Crippen molar-refractivity contribution < 1.29 is 0 Å². The Hall–Kier alpha value is -1.35. The third-order valence-electron chi connectivity index (χ3n) is 2.11. The Morgan fingerprint density at radius 2 is 2.27 bits per heavy atom. The Kier molecular flexibility index (Phi) is 3.02. The van der Waals surface area contributed by atoms with Gasteiger partial charge in [0.2, 0.25) is 0 Å². The van der Waals surface area contributed by atoms with Gasteiger partial charge in [-0.3, -0.25) is 9.97 Å². The van der Waals surface area contributed by atoms with Gasteiger partial charge in [0.05, 0.1) is 16.2 Å². The smallest absolute Gasteiger partial charge is 0.112 e. The molecule has 3 nitrogen and oxygen atoms in total. The molecule has 0 radical (unpaired) electrons. The number of nitrogens with zero attached hydrogens (tertiary/aromatic N) is 2. The summed E-state index contributed by atoms with van der Waals surface area (Å²) in [5, 5.41) is 3.92. The lowest BCUT2D eigenvalue weighted by Gasteiger charge is -2.07. The molecule has 0 unspecified atom stereocenters. The minimum Gasteiger partial charge on any atom is -0.383 e. The molecule has 2 aromatic heterocycles. The number of pyridine rings is 2. The van der Waals surface area contributed by atoms with Gasteiger partial charge in [0.15, 0.2) is 0 Å². The summed E-state index contributed by atoms with van der Waals surface area (Å²) in [6.45, 7) is 3.06. The van der Waals surface area contributed by atoms with E-state index in [2.05, 4.69) is 22.2 Å². The summed E-state index contributed by atoms with van der Waals surface area (Å²) >= 11 is 5.85. The van der Waals surface area contributed by atoms with E-state index in [1.54, 1.807) is 12.4 Å². The van der Waals surface area contributed by atoms with E-state index in [-0.39, 0.29) is 0 Å². The fourth-order valence-corrected chi connectivity index (χ4v) is 1.56. The summed E-state index contributed by atoms with van der Waals surface area (Å²) in [5.74, 6) is 0. The maximum atomic E-state index is 5.85. The van der Waals surface area contributed by atoms with Crippen LogP contribution >= 0.6 is 11.6 Å². The molecular weight excluding hydrogens is 210 g/mol. The van der Waals surface area contributed by atoms with Gasteiger partial charge >= 0.3 is 0 Å². The van der Waals surface area contributed by atoms with Crippen molar-refractivity contribution in [2.75, 3.05) is 11.9 Å². The van der Waals surface area contributed by atoms with Crippen molar-refractivity contribution >= 4 is 28.3 Å². The minimum absolute atomic E-state index is 0.614. The monoisotopic (exact) mass is 221 g/mol. The van der Waals surface area contributed by atoms with E-state index in [4.69, 9.17) is 11.6 Å². The Bertz CT molecular complexity index is 470. The Morgan fingerprint density at radius 1 is 1.40 bits per heavy atom. The lowest BCUT2D eigenvalue weighted by molar-refractivity contribution is 0.980. The first kappa shape index (κ1) is 10.2. The first-order valence-electron chi connectivity index (χ1n) is 4.95. The SMILES string of the molecule is CCCNc1ccnc2cc(Cl)cnc12. The maximum Gasteiger partial charge on any atom is 0.112 e. The van der Waals surface area contributed by atoms with Crippen molar-refractivity contribution in [3.05, 3.63) is 29.5 Å². The van der Waals surface area contributed by atoms with Crippen molar-refractivity contribution in [1.29, 1.82) is 0 Å². The summed E-state index contributed by atoms with van der Waals surface area (Å²) in [6.07, 6.45) is 4.48. The van der Waals surface area contributed by atoms with Gasteiger partial charge in [-0.2, -0.15) is 0 Å². The van der Waals surface area contributed by atoms with Gasteiger partial charge in [0.1, 0.15) is 5.52 Å². The topological polar surface area (TPSA) is 37.8 Å². The number of hydrogen-bond acceptors (Lipinski definition) is 3. The molecule has 0 bridgehead atoms. The van der Waals surface area contributed by atoms with Gasteiger partial charge in [-0.1, -0.05) is 18.5 Å². The van der Waals surface area contributed by atoms with E-state index in [0.717, 1.165) is 29.7 Å². The first-order chi connectivity index (χ1) is 7.31. The van der Waals surface area contributed by atoms with Crippen LogP contribution in [0, 0.1) is 0 Å². The average Bonchev–Trinajstić information content (AvgIpc) is 2.25. The molecule has 0 aromatic carbocycles. The van der Waals surface area contributed by atoms with Crippen LogP contribution in [-0.2, 0) is 0 Å². The molecule has 0 amide bonds. The molecule has 0 atom stereocenters. The van der Waals surface area contributed by atoms with E-state index >= 15 is 0 Å². The second-order valence-corrected chi connectivity index (χ2v) is 3.74. The van der Waals surface area contributed by atoms with Crippen molar-refractivity contribution in [1.82, 2.24) is 9.97 Å². The van der Waals surface area contributed by atoms with E-state index < -0.39 is 0 Å². The predicted octanol–water partition coefficient (Wildman–Crippen LogP) is 3.11. The number of hydrogen-bond donors (Lipinski definition) is 1. The highest BCUT2D eigenvalue weighted by Gasteiger charge is 2.02. The van der Waals surface area contributed by atoms with Gasteiger partial charge < -0.3 is 5.32 Å². The van der Waals surface area contributed by atoms with Crippen LogP contribution < -0.4 is 5.32 Å². The Balaban J connectivity index is 2.46. The lowest BCUT2D eigenvalue weighted by atomic mass is 10.3. The molecule has 0 aliphatic rings. The van der Waals surface area contributed by atoms with Crippen LogP contribution in [0.2, 0.25) is 5.02 Å². The second-order valence-electron chi connectivity index (χ2n) is 3.31. The fraction of sp³-hybridized carbons (Fsp3) is 0.273. The zero-order chi connectivity index (χ0) is 10.7. The third kappa shape index (κ3) is 2.18. The van der Waals surface area contributed by atoms with Gasteiger partial charge in [-0.15, -0.1) is 0 Å². The highest BCUT2D eigenvalue weighted by molar-refractivity contribution is 6.31. The average molecular weight is 222 g/mol. The molecule has 4 heteroatoms. The fourth-order valence-electron chi connectivity index (χ4n) is 1.41. The van der Waals surface area contributed by atoms with Crippen LogP contribution in [0.25, 0.3) is 11.0 Å². The largest absolute Gasteiger partial charge is 0.383 e. The van der Waals surface area contributed by atoms with Crippen LogP contribution in [0.5, 0.6) is 0 Å². The summed E-state index contributed by atoms with van der Waals surface area (Å²) in [7, 11) is 0. The van der Waals surface area contributed by atoms with Gasteiger partial charge in [0.25, 0.3) is 0 Å². The molecule has 0 fully saturated rings. The minimum atomic E-state index is 0.614. The predicted molar refractivity (Wildman–Crippen MR) is 63.3 cm³/mol. The Morgan fingerprint density at radius 3 is 3.07 bits per heavy atom. The maximum absolute atomic E-state index is 5.85. The lowest BCUT2D eigenvalue weighted by Crippen LogP contribution is -2.01. The molecule has 0 spiro atoms. The molecule has 0 aliphatic heterocycles. The summed E-state index contributed by atoms with van der Waals surface area (Å²) in [5.41, 5.74) is 2.71. The number of aromatic nitrogens is 2. The van der Waals surface area contributed by atoms with E-state index in [0.29, 0.717) is 5.02 Å². The van der Waals surface area contributed by atoms with E-state index in [1.165, 1.54) is 0 Å². The molecule has 0 aliphatic carbocycles. The van der Waals surface area contributed by atoms with Crippen molar-refractivity contribution in [3.8, 4) is 0 Å². The van der Waals surface area contributed by atoms with Crippen LogP contribution in [-0.4, -0.2) is 16.5 Å². The van der Waals surface area contributed by atoms with Gasteiger partial charge in [-0.25, -0.2) is 0 Å². The summed E-state index contributed by atoms with van der Waals surface area (Å²) in [4.78, 5) is 8.50. The third-order valence-corrected chi connectivity index (χ3v) is 2.32. The van der Waals surface area contributed by atoms with Crippen molar-refractivity contribution in [2.24, 2.45) is 0 Å². The zero-order valence-corrected chi connectivity index (χ0v) is 9.25. The number of rotatable bonds is 3. The molecule has 2 rings (SSSR count). The first-order valence-corrected chi connectivity index (χ1v) is 5.33. The van der Waals surface area contributed by atoms with Crippen molar-refractivity contribution in [3.63, 3.8) is 0 Å². The number of anilines is 1. The molecule has 2 aromatic rings. The van der Waals surface area contributed by atoms with Crippen LogP contribution in [0.3, 0.4) is 0 Å². The second kappa shape index (κ2) is 4.45. The standard InChI is InChI=1S/C11H12ClN3/c1-2-4-13-9-3-5-14-10-6-8(12)7-15-11(9)10/h3,5-7H,2,4H2,1H3,(H,13,14). The number of fused-ring (bicyclic) bond motifs is 1. The molecular formula is C11H12ClN3. The number of halogens is 1. The molecule has 0 saturated heterocycles. The molecule has 2 heterocycles. The molecule has 1 N–H and O–H groups in total. The van der Waals surface area contributed by atoms with Crippen LogP contribution in [0.1, 0.15) is 13.3 Å². The highest BCUT2D eigenvalue weighted by atomic mass is 35.5. The quantitative estimate of drug-likeness (QED) is 0.866. The highest BCUT2D eigenvalue weighted by Crippen LogP contribution is 2.21. The summed E-state index contributed by atoms with van der Waals surface area (Å²) in [6, 6.07) is 3.75. The van der Waals surface area contributed by atoms with Crippen LogP contribution in [0.15, 0.2) is 24.5 Å². The Labute approximate surface area is 93.5 Å². The zero-order valence-electron chi connectivity index (χ0n) is 8.50. The van der Waals surface area contributed by atoms with E-state index in [1.807, 2.05) is 12.1 Å². The normalized spacial score (nSPS) is 10.5.